The van der Waals surface area contributed by atoms with Crippen LogP contribution in [0.1, 0.15) is 46.9 Å². The third kappa shape index (κ3) is 5.51. The number of piperidine rings is 1. The van der Waals surface area contributed by atoms with Crippen LogP contribution in [0, 0.1) is 6.92 Å². The SMILES string of the molecule is COCCCNC(=O)c1ccc(C)nc1C1CCN(C(=O)COC)CC1. The van der Waals surface area contributed by atoms with Gasteiger partial charge >= 0.3 is 0 Å². The van der Waals surface area contributed by atoms with E-state index >= 15 is 0 Å². The fourth-order valence-corrected chi connectivity index (χ4v) is 3.21. The highest BCUT2D eigenvalue weighted by Crippen LogP contribution is 2.29. The van der Waals surface area contributed by atoms with Crippen molar-refractivity contribution in [1.82, 2.24) is 15.2 Å². The number of amides is 2. The van der Waals surface area contributed by atoms with Crippen LogP contribution in [0.15, 0.2) is 12.1 Å². The van der Waals surface area contributed by atoms with Crippen LogP contribution < -0.4 is 5.32 Å². The second kappa shape index (κ2) is 10.2. The number of aryl methyl sites for hydroxylation is 1. The number of carbonyl (C=O) groups is 2. The molecule has 0 aliphatic carbocycles. The minimum absolute atomic E-state index is 0.0132. The molecule has 7 nitrogen and oxygen atoms in total. The molecule has 0 unspecified atom stereocenters. The van der Waals surface area contributed by atoms with E-state index in [4.69, 9.17) is 9.47 Å². The molecule has 1 saturated heterocycles. The van der Waals surface area contributed by atoms with Gasteiger partial charge in [0, 0.05) is 52.1 Å². The van der Waals surface area contributed by atoms with E-state index in [1.54, 1.807) is 7.11 Å². The van der Waals surface area contributed by atoms with Crippen LogP contribution in [0.4, 0.5) is 0 Å². The van der Waals surface area contributed by atoms with E-state index < -0.39 is 0 Å². The molecule has 2 rings (SSSR count). The molecule has 0 aromatic carbocycles. The molecule has 0 bridgehead atoms. The largest absolute Gasteiger partial charge is 0.385 e. The topological polar surface area (TPSA) is 80.8 Å². The first-order chi connectivity index (χ1) is 12.6. The molecule has 0 spiro atoms. The summed E-state index contributed by atoms with van der Waals surface area (Å²) in [7, 11) is 3.17. The molecule has 26 heavy (non-hydrogen) atoms. The summed E-state index contributed by atoms with van der Waals surface area (Å²) in [5.41, 5.74) is 2.37. The number of rotatable bonds is 8. The summed E-state index contributed by atoms with van der Waals surface area (Å²) >= 11 is 0. The van der Waals surface area contributed by atoms with Crippen molar-refractivity contribution >= 4 is 11.8 Å². The molecule has 144 valence electrons. The van der Waals surface area contributed by atoms with Crippen molar-refractivity contribution in [2.75, 3.05) is 47.1 Å². The zero-order valence-corrected chi connectivity index (χ0v) is 15.9. The van der Waals surface area contributed by atoms with Crippen LogP contribution in [0.5, 0.6) is 0 Å². The van der Waals surface area contributed by atoms with E-state index in [9.17, 15) is 9.59 Å². The Morgan fingerprint density at radius 1 is 1.23 bits per heavy atom. The fraction of sp³-hybridized carbons (Fsp3) is 0.632. The van der Waals surface area contributed by atoms with Gasteiger partial charge in [0.15, 0.2) is 0 Å². The van der Waals surface area contributed by atoms with Gasteiger partial charge < -0.3 is 19.7 Å². The number of ether oxygens (including phenoxy) is 2. The number of likely N-dealkylation sites (tertiary alicyclic amines) is 1. The number of carbonyl (C=O) groups excluding carboxylic acids is 2. The first kappa shape index (κ1) is 20.3. The van der Waals surface area contributed by atoms with Gasteiger partial charge in [0.05, 0.1) is 11.3 Å². The third-order valence-corrected chi connectivity index (χ3v) is 4.62. The van der Waals surface area contributed by atoms with Crippen molar-refractivity contribution in [3.63, 3.8) is 0 Å². The molecule has 1 aromatic rings. The van der Waals surface area contributed by atoms with Gasteiger partial charge in [-0.1, -0.05) is 0 Å². The highest BCUT2D eigenvalue weighted by atomic mass is 16.5. The van der Waals surface area contributed by atoms with Gasteiger partial charge in [-0.3, -0.25) is 14.6 Å². The Labute approximate surface area is 155 Å². The van der Waals surface area contributed by atoms with Crippen molar-refractivity contribution in [2.24, 2.45) is 0 Å². The third-order valence-electron chi connectivity index (χ3n) is 4.62. The summed E-state index contributed by atoms with van der Waals surface area (Å²) in [4.78, 5) is 31.0. The molecule has 1 aromatic heterocycles. The van der Waals surface area contributed by atoms with E-state index in [-0.39, 0.29) is 24.3 Å². The molecule has 1 aliphatic rings. The van der Waals surface area contributed by atoms with E-state index in [0.717, 1.165) is 30.7 Å². The number of nitrogens with zero attached hydrogens (tertiary/aromatic N) is 2. The van der Waals surface area contributed by atoms with Crippen LogP contribution in [0.2, 0.25) is 0 Å². The average molecular weight is 363 g/mol. The predicted molar refractivity (Wildman–Crippen MR) is 98.2 cm³/mol. The molecule has 7 heteroatoms. The lowest BCUT2D eigenvalue weighted by molar-refractivity contribution is -0.136. The number of nitrogens with one attached hydrogen (secondary N) is 1. The predicted octanol–water partition coefficient (Wildman–Crippen LogP) is 1.51. The van der Waals surface area contributed by atoms with Crippen LogP contribution in [-0.4, -0.2) is 68.8 Å². The van der Waals surface area contributed by atoms with Crippen molar-refractivity contribution < 1.29 is 19.1 Å². The Morgan fingerprint density at radius 2 is 1.96 bits per heavy atom. The number of pyridine rings is 1. The van der Waals surface area contributed by atoms with Crippen LogP contribution in [0.3, 0.4) is 0 Å². The molecular formula is C19H29N3O4. The zero-order chi connectivity index (χ0) is 18.9. The molecule has 1 fully saturated rings. The van der Waals surface area contributed by atoms with Crippen LogP contribution in [0.25, 0.3) is 0 Å². The minimum atomic E-state index is -0.0958. The normalized spacial score (nSPS) is 15.1. The lowest BCUT2D eigenvalue weighted by Gasteiger charge is -2.32. The van der Waals surface area contributed by atoms with E-state index in [1.165, 1.54) is 7.11 Å². The van der Waals surface area contributed by atoms with E-state index in [1.807, 2.05) is 24.0 Å². The smallest absolute Gasteiger partial charge is 0.253 e. The molecule has 0 saturated carbocycles. The molecule has 0 atom stereocenters. The number of hydrogen-bond acceptors (Lipinski definition) is 5. The van der Waals surface area contributed by atoms with Crippen molar-refractivity contribution in [1.29, 1.82) is 0 Å². The van der Waals surface area contributed by atoms with Crippen LogP contribution in [-0.2, 0) is 14.3 Å². The maximum atomic E-state index is 12.6. The summed E-state index contributed by atoms with van der Waals surface area (Å²) in [6.45, 7) is 4.56. The minimum Gasteiger partial charge on any atom is -0.385 e. The van der Waals surface area contributed by atoms with Crippen molar-refractivity contribution in [3.05, 3.63) is 29.1 Å². The van der Waals surface area contributed by atoms with Gasteiger partial charge in [0.25, 0.3) is 5.91 Å². The summed E-state index contributed by atoms with van der Waals surface area (Å²) in [6.07, 6.45) is 2.38. The van der Waals surface area contributed by atoms with Crippen molar-refractivity contribution in [2.45, 2.75) is 32.1 Å². The molecule has 2 amide bonds. The Hall–Kier alpha value is -1.99. The molecule has 2 heterocycles. The van der Waals surface area contributed by atoms with E-state index in [2.05, 4.69) is 10.3 Å². The monoisotopic (exact) mass is 363 g/mol. The van der Waals surface area contributed by atoms with Gasteiger partial charge in [0.2, 0.25) is 5.91 Å². The lowest BCUT2D eigenvalue weighted by Crippen LogP contribution is -2.40. The maximum absolute atomic E-state index is 12.6. The van der Waals surface area contributed by atoms with Gasteiger partial charge in [-0.25, -0.2) is 0 Å². The summed E-state index contributed by atoms with van der Waals surface area (Å²) in [5.74, 6) is 0.0990. The van der Waals surface area contributed by atoms with Gasteiger partial charge in [-0.05, 0) is 38.3 Å². The highest BCUT2D eigenvalue weighted by molar-refractivity contribution is 5.95. The van der Waals surface area contributed by atoms with Gasteiger partial charge in [-0.15, -0.1) is 0 Å². The van der Waals surface area contributed by atoms with Gasteiger partial charge in [0.1, 0.15) is 6.61 Å². The Morgan fingerprint density at radius 3 is 2.62 bits per heavy atom. The molecule has 0 radical (unpaired) electrons. The molecule has 1 aliphatic heterocycles. The Balaban J connectivity index is 2.03. The summed E-state index contributed by atoms with van der Waals surface area (Å²) < 4.78 is 9.93. The highest BCUT2D eigenvalue weighted by Gasteiger charge is 2.27. The molecule has 1 N–H and O–H groups in total. The quantitative estimate of drug-likeness (QED) is 0.708. The summed E-state index contributed by atoms with van der Waals surface area (Å²) in [6, 6.07) is 3.72. The van der Waals surface area contributed by atoms with Gasteiger partial charge in [-0.2, -0.15) is 0 Å². The number of methoxy groups -OCH3 is 2. The Kier molecular flexibility index (Phi) is 8.00. The zero-order valence-electron chi connectivity index (χ0n) is 15.9. The Bertz CT molecular complexity index is 613. The van der Waals surface area contributed by atoms with E-state index in [0.29, 0.717) is 31.8 Å². The summed E-state index contributed by atoms with van der Waals surface area (Å²) in [5, 5.41) is 2.94. The molecular weight excluding hydrogens is 334 g/mol. The second-order valence-electron chi connectivity index (χ2n) is 6.58. The number of hydrogen-bond donors (Lipinski definition) is 1. The number of aromatic nitrogens is 1. The lowest BCUT2D eigenvalue weighted by atomic mass is 9.89. The standard InChI is InChI=1S/C19H29N3O4/c1-14-5-6-16(19(24)20-9-4-12-25-2)18(21-14)15-7-10-22(11-8-15)17(23)13-26-3/h5-6,15H,4,7-13H2,1-3H3,(H,20,24). The first-order valence-electron chi connectivity index (χ1n) is 9.08. The fourth-order valence-electron chi connectivity index (χ4n) is 3.21. The van der Waals surface area contributed by atoms with Crippen LogP contribution >= 0.6 is 0 Å². The maximum Gasteiger partial charge on any atom is 0.253 e. The average Bonchev–Trinajstić information content (AvgIpc) is 2.65. The van der Waals surface area contributed by atoms with Crippen molar-refractivity contribution in [3.8, 4) is 0 Å². The first-order valence-corrected chi connectivity index (χ1v) is 9.08. The second-order valence-corrected chi connectivity index (χ2v) is 6.58.